The predicted molar refractivity (Wildman–Crippen MR) is 226 cm³/mol. The molecule has 0 aromatic heterocycles. The number of hydrogen-bond donors (Lipinski definition) is 0. The van der Waals surface area contributed by atoms with Gasteiger partial charge in [0, 0.05) is 0 Å². The molecule has 242 valence electrons. The summed E-state index contributed by atoms with van der Waals surface area (Å²) in [6, 6.07) is 70.9. The SMILES string of the molecule is C(=C\c1ccc(-c2c3ccccc3c(-c3cc4ccccc4c4ccccc34)c3ccccc23)cc1)/c1ccc(-c2cccc3ccccc23)cc1. The highest BCUT2D eigenvalue weighted by Crippen LogP contribution is 2.46. The van der Waals surface area contributed by atoms with Crippen molar-refractivity contribution in [1.29, 1.82) is 0 Å². The van der Waals surface area contributed by atoms with Gasteiger partial charge in [-0.3, -0.25) is 0 Å². The lowest BCUT2D eigenvalue weighted by molar-refractivity contribution is 1.62. The van der Waals surface area contributed by atoms with E-state index >= 15 is 0 Å². The van der Waals surface area contributed by atoms with Gasteiger partial charge in [-0.25, -0.2) is 0 Å². The fourth-order valence-corrected chi connectivity index (χ4v) is 8.19. The second-order valence-electron chi connectivity index (χ2n) is 13.6. The van der Waals surface area contributed by atoms with Gasteiger partial charge in [-0.2, -0.15) is 0 Å². The molecule has 10 rings (SSSR count). The van der Waals surface area contributed by atoms with Crippen LogP contribution in [0.15, 0.2) is 194 Å². The summed E-state index contributed by atoms with van der Waals surface area (Å²) in [5.41, 5.74) is 9.93. The Kier molecular flexibility index (Phi) is 7.25. The Hall–Kier alpha value is -6.76. The molecule has 0 N–H and O–H groups in total. The lowest BCUT2D eigenvalue weighted by Gasteiger charge is -2.19. The van der Waals surface area contributed by atoms with Crippen LogP contribution >= 0.6 is 0 Å². The van der Waals surface area contributed by atoms with Crippen LogP contribution in [0, 0.1) is 0 Å². The number of benzene rings is 10. The summed E-state index contributed by atoms with van der Waals surface area (Å²) >= 11 is 0. The van der Waals surface area contributed by atoms with Crippen molar-refractivity contribution in [2.75, 3.05) is 0 Å². The second kappa shape index (κ2) is 12.5. The van der Waals surface area contributed by atoms with Crippen LogP contribution in [0.2, 0.25) is 0 Å². The van der Waals surface area contributed by atoms with Crippen LogP contribution in [0.5, 0.6) is 0 Å². The molecule has 0 aliphatic carbocycles. The highest BCUT2D eigenvalue weighted by molar-refractivity contribution is 6.25. The first-order valence-electron chi connectivity index (χ1n) is 18.0. The molecule has 10 aromatic rings. The zero-order valence-corrected chi connectivity index (χ0v) is 28.6. The highest BCUT2D eigenvalue weighted by atomic mass is 14.2. The minimum atomic E-state index is 1.18. The summed E-state index contributed by atoms with van der Waals surface area (Å²) in [6.07, 6.45) is 4.41. The van der Waals surface area contributed by atoms with E-state index in [0.29, 0.717) is 0 Å². The maximum absolute atomic E-state index is 2.39. The van der Waals surface area contributed by atoms with Gasteiger partial charge in [-0.15, -0.1) is 0 Å². The molecule has 0 spiro atoms. The topological polar surface area (TPSA) is 0 Å². The van der Waals surface area contributed by atoms with Gasteiger partial charge in [0.05, 0.1) is 0 Å². The first-order chi connectivity index (χ1) is 25.8. The third-order valence-corrected chi connectivity index (χ3v) is 10.6. The van der Waals surface area contributed by atoms with Gasteiger partial charge in [0.2, 0.25) is 0 Å². The van der Waals surface area contributed by atoms with Gasteiger partial charge >= 0.3 is 0 Å². The maximum atomic E-state index is 2.39. The van der Waals surface area contributed by atoms with Crippen LogP contribution < -0.4 is 0 Å². The lowest BCUT2D eigenvalue weighted by atomic mass is 9.84. The smallest absolute Gasteiger partial charge is 0.00199 e. The summed E-state index contributed by atoms with van der Waals surface area (Å²) in [5.74, 6) is 0. The van der Waals surface area contributed by atoms with Crippen LogP contribution in [0.25, 0.3) is 99.4 Å². The van der Waals surface area contributed by atoms with Gasteiger partial charge in [-0.05, 0) is 104 Å². The zero-order valence-electron chi connectivity index (χ0n) is 28.6. The van der Waals surface area contributed by atoms with Gasteiger partial charge in [-0.1, -0.05) is 200 Å². The Labute approximate surface area is 303 Å². The Morgan fingerprint density at radius 1 is 0.250 bits per heavy atom. The third-order valence-electron chi connectivity index (χ3n) is 10.6. The normalized spacial score (nSPS) is 11.8. The summed E-state index contributed by atoms with van der Waals surface area (Å²) < 4.78 is 0. The average Bonchev–Trinajstić information content (AvgIpc) is 3.22. The monoisotopic (exact) mass is 658 g/mol. The van der Waals surface area contributed by atoms with Crippen molar-refractivity contribution in [2.45, 2.75) is 0 Å². The molecule has 0 heteroatoms. The first kappa shape index (κ1) is 30.1. The summed E-state index contributed by atoms with van der Waals surface area (Å²) in [6.45, 7) is 0. The molecule has 0 saturated carbocycles. The number of fused-ring (bicyclic) bond motifs is 6. The zero-order chi connectivity index (χ0) is 34.4. The standard InChI is InChI=1S/C52H34/c1-3-15-41-37(12-1)14-11-23-42(41)38-30-26-35(27-31-38)24-25-36-28-32-39(33-29-36)51-46-19-7-9-21-48(46)52(49-22-10-8-20-47(49)51)50-34-40-13-2-4-16-43(40)44-17-5-6-18-45(44)50/h1-34H/b25-24+. The summed E-state index contributed by atoms with van der Waals surface area (Å²) in [4.78, 5) is 0. The Bertz CT molecular complexity index is 2920. The molecule has 0 radical (unpaired) electrons. The van der Waals surface area contributed by atoms with Crippen LogP contribution in [0.3, 0.4) is 0 Å². The number of rotatable bonds is 5. The molecule has 0 bridgehead atoms. The van der Waals surface area contributed by atoms with E-state index in [2.05, 4.69) is 206 Å². The van der Waals surface area contributed by atoms with Gasteiger partial charge in [0.15, 0.2) is 0 Å². The van der Waals surface area contributed by atoms with Crippen LogP contribution in [-0.2, 0) is 0 Å². The van der Waals surface area contributed by atoms with Crippen molar-refractivity contribution in [3.05, 3.63) is 205 Å². The average molecular weight is 659 g/mol. The van der Waals surface area contributed by atoms with Crippen molar-refractivity contribution >= 4 is 66.0 Å². The Morgan fingerprint density at radius 2 is 0.692 bits per heavy atom. The van der Waals surface area contributed by atoms with E-state index in [9.17, 15) is 0 Å². The molecule has 0 nitrogen and oxygen atoms in total. The molecule has 0 amide bonds. The van der Waals surface area contributed by atoms with Crippen molar-refractivity contribution in [2.24, 2.45) is 0 Å². The van der Waals surface area contributed by atoms with Crippen LogP contribution in [0.4, 0.5) is 0 Å². The number of hydrogen-bond acceptors (Lipinski definition) is 0. The van der Waals surface area contributed by atoms with E-state index in [1.165, 1.54) is 98.4 Å². The van der Waals surface area contributed by atoms with Gasteiger partial charge < -0.3 is 0 Å². The van der Waals surface area contributed by atoms with Crippen molar-refractivity contribution < 1.29 is 0 Å². The third kappa shape index (κ3) is 5.08. The molecule has 0 heterocycles. The van der Waals surface area contributed by atoms with E-state index in [1.54, 1.807) is 0 Å². The maximum Gasteiger partial charge on any atom is -0.00199 e. The van der Waals surface area contributed by atoms with E-state index in [1.807, 2.05) is 0 Å². The van der Waals surface area contributed by atoms with E-state index < -0.39 is 0 Å². The van der Waals surface area contributed by atoms with E-state index in [-0.39, 0.29) is 0 Å². The van der Waals surface area contributed by atoms with Crippen molar-refractivity contribution in [3.63, 3.8) is 0 Å². The first-order valence-corrected chi connectivity index (χ1v) is 18.0. The molecule has 0 unspecified atom stereocenters. The fraction of sp³-hybridized carbons (Fsp3) is 0. The summed E-state index contributed by atoms with van der Waals surface area (Å²) in [5, 5.41) is 12.7. The Balaban J connectivity index is 1.04. The molecular formula is C52H34. The minimum Gasteiger partial charge on any atom is -0.0616 e. The van der Waals surface area contributed by atoms with Crippen LogP contribution in [-0.4, -0.2) is 0 Å². The minimum absolute atomic E-state index is 1.18. The highest BCUT2D eigenvalue weighted by Gasteiger charge is 2.18. The second-order valence-corrected chi connectivity index (χ2v) is 13.6. The molecule has 0 saturated heterocycles. The quantitative estimate of drug-likeness (QED) is 0.0981. The van der Waals surface area contributed by atoms with E-state index in [4.69, 9.17) is 0 Å². The molecule has 0 aliphatic heterocycles. The van der Waals surface area contributed by atoms with Crippen LogP contribution in [0.1, 0.15) is 11.1 Å². The molecular weight excluding hydrogens is 625 g/mol. The van der Waals surface area contributed by atoms with Gasteiger partial charge in [0.25, 0.3) is 0 Å². The predicted octanol–water partition coefficient (Wildman–Crippen LogP) is 14.6. The van der Waals surface area contributed by atoms with E-state index in [0.717, 1.165) is 0 Å². The lowest BCUT2D eigenvalue weighted by Crippen LogP contribution is -1.92. The van der Waals surface area contributed by atoms with Crippen molar-refractivity contribution in [3.8, 4) is 33.4 Å². The molecule has 10 aromatic carbocycles. The van der Waals surface area contributed by atoms with Gasteiger partial charge in [0.1, 0.15) is 0 Å². The fourth-order valence-electron chi connectivity index (χ4n) is 8.19. The molecule has 0 atom stereocenters. The Morgan fingerprint density at radius 3 is 1.31 bits per heavy atom. The molecule has 0 aliphatic rings. The molecule has 0 fully saturated rings. The summed E-state index contributed by atoms with van der Waals surface area (Å²) in [7, 11) is 0. The van der Waals surface area contributed by atoms with Crippen molar-refractivity contribution in [1.82, 2.24) is 0 Å². The largest absolute Gasteiger partial charge is 0.0616 e. The molecule has 52 heavy (non-hydrogen) atoms.